The van der Waals surface area contributed by atoms with Gasteiger partial charge in [-0.15, -0.1) is 0 Å². The average molecular weight is 355 g/mol. The van der Waals surface area contributed by atoms with E-state index in [9.17, 15) is 14.9 Å². The predicted molar refractivity (Wildman–Crippen MR) is 96.2 cm³/mol. The molecular formula is C20H25N3O3. The molecule has 1 aromatic carbocycles. The van der Waals surface area contributed by atoms with Gasteiger partial charge in [-0.2, -0.15) is 5.26 Å². The molecule has 1 saturated carbocycles. The summed E-state index contributed by atoms with van der Waals surface area (Å²) in [5.74, 6) is 0.450. The molecule has 1 aromatic rings. The minimum absolute atomic E-state index is 0.0123. The van der Waals surface area contributed by atoms with Crippen molar-refractivity contribution >= 4 is 11.8 Å². The zero-order valence-electron chi connectivity index (χ0n) is 14.9. The summed E-state index contributed by atoms with van der Waals surface area (Å²) in [7, 11) is 0. The van der Waals surface area contributed by atoms with Gasteiger partial charge in [0.15, 0.2) is 6.61 Å². The van der Waals surface area contributed by atoms with Crippen molar-refractivity contribution in [2.24, 2.45) is 5.92 Å². The van der Waals surface area contributed by atoms with Gasteiger partial charge < -0.3 is 15.0 Å². The second-order valence-corrected chi connectivity index (χ2v) is 7.15. The van der Waals surface area contributed by atoms with E-state index in [1.54, 1.807) is 4.90 Å². The van der Waals surface area contributed by atoms with Gasteiger partial charge in [-0.3, -0.25) is 9.59 Å². The van der Waals surface area contributed by atoms with Gasteiger partial charge in [0, 0.05) is 19.0 Å². The topological polar surface area (TPSA) is 82.4 Å². The second-order valence-electron chi connectivity index (χ2n) is 7.15. The van der Waals surface area contributed by atoms with Crippen molar-refractivity contribution in [3.05, 3.63) is 30.3 Å². The number of para-hydroxylation sites is 1. The van der Waals surface area contributed by atoms with E-state index in [1.807, 2.05) is 30.3 Å². The molecule has 3 rings (SSSR count). The van der Waals surface area contributed by atoms with Crippen molar-refractivity contribution in [1.29, 1.82) is 5.26 Å². The van der Waals surface area contributed by atoms with Crippen LogP contribution in [0, 0.1) is 17.2 Å². The molecule has 0 unspecified atom stereocenters. The van der Waals surface area contributed by atoms with Gasteiger partial charge in [0.05, 0.1) is 6.07 Å². The molecule has 0 radical (unpaired) electrons. The molecule has 1 saturated heterocycles. The van der Waals surface area contributed by atoms with E-state index >= 15 is 0 Å². The van der Waals surface area contributed by atoms with Crippen LogP contribution in [0.4, 0.5) is 0 Å². The van der Waals surface area contributed by atoms with E-state index < -0.39 is 5.54 Å². The first-order valence-electron chi connectivity index (χ1n) is 9.31. The van der Waals surface area contributed by atoms with Gasteiger partial charge in [-0.05, 0) is 50.7 Å². The third kappa shape index (κ3) is 4.34. The van der Waals surface area contributed by atoms with Crippen LogP contribution in [-0.2, 0) is 9.59 Å². The Balaban J connectivity index is 1.44. The molecule has 0 aromatic heterocycles. The highest BCUT2D eigenvalue weighted by molar-refractivity contribution is 5.81. The van der Waals surface area contributed by atoms with Crippen molar-refractivity contribution in [3.8, 4) is 11.8 Å². The van der Waals surface area contributed by atoms with Crippen LogP contribution < -0.4 is 10.1 Å². The SMILES string of the molecule is N#CC1(NC(=O)C2CCN(C(=O)COc3ccccc3)CC2)CCCC1. The highest BCUT2D eigenvalue weighted by Crippen LogP contribution is 2.30. The summed E-state index contributed by atoms with van der Waals surface area (Å²) in [5.41, 5.74) is -0.673. The molecule has 2 amide bonds. The molecular weight excluding hydrogens is 330 g/mol. The third-order valence-corrected chi connectivity index (χ3v) is 5.36. The lowest BCUT2D eigenvalue weighted by molar-refractivity contribution is -0.137. The minimum Gasteiger partial charge on any atom is -0.484 e. The molecule has 0 spiro atoms. The number of nitrogens with one attached hydrogen (secondary N) is 1. The predicted octanol–water partition coefficient (Wildman–Crippen LogP) is 2.26. The second kappa shape index (κ2) is 8.22. The first-order valence-corrected chi connectivity index (χ1v) is 9.31. The number of piperidine rings is 1. The molecule has 0 atom stereocenters. The van der Waals surface area contributed by atoms with Crippen molar-refractivity contribution in [1.82, 2.24) is 10.2 Å². The number of nitrogens with zero attached hydrogens (tertiary/aromatic N) is 2. The maximum absolute atomic E-state index is 12.5. The highest BCUT2D eigenvalue weighted by Gasteiger charge is 2.38. The van der Waals surface area contributed by atoms with Crippen LogP contribution in [0.3, 0.4) is 0 Å². The molecule has 1 N–H and O–H groups in total. The summed E-state index contributed by atoms with van der Waals surface area (Å²) in [6.45, 7) is 1.11. The van der Waals surface area contributed by atoms with Crippen LogP contribution in [0.1, 0.15) is 38.5 Å². The van der Waals surface area contributed by atoms with Crippen molar-refractivity contribution < 1.29 is 14.3 Å². The van der Waals surface area contributed by atoms with Gasteiger partial charge in [-0.25, -0.2) is 0 Å². The molecule has 1 heterocycles. The zero-order chi connectivity index (χ0) is 18.4. The molecule has 2 fully saturated rings. The highest BCUT2D eigenvalue weighted by atomic mass is 16.5. The molecule has 26 heavy (non-hydrogen) atoms. The van der Waals surface area contributed by atoms with E-state index in [-0.39, 0.29) is 24.3 Å². The average Bonchev–Trinajstić information content (AvgIpc) is 3.16. The Morgan fingerprint density at radius 2 is 1.85 bits per heavy atom. The van der Waals surface area contributed by atoms with Crippen LogP contribution in [0.25, 0.3) is 0 Å². The monoisotopic (exact) mass is 355 g/mol. The lowest BCUT2D eigenvalue weighted by atomic mass is 9.93. The fourth-order valence-electron chi connectivity index (χ4n) is 3.73. The van der Waals surface area contributed by atoms with Gasteiger partial charge in [0.25, 0.3) is 5.91 Å². The fraction of sp³-hybridized carbons (Fsp3) is 0.550. The quantitative estimate of drug-likeness (QED) is 0.878. The largest absolute Gasteiger partial charge is 0.484 e. The summed E-state index contributed by atoms with van der Waals surface area (Å²) in [6.07, 6.45) is 4.71. The minimum atomic E-state index is -0.673. The number of benzene rings is 1. The number of carbonyl (C=O) groups excluding carboxylic acids is 2. The molecule has 6 heteroatoms. The van der Waals surface area contributed by atoms with Crippen molar-refractivity contribution in [2.45, 2.75) is 44.1 Å². The standard InChI is InChI=1S/C20H25N3O3/c21-15-20(10-4-5-11-20)22-19(25)16-8-12-23(13-9-16)18(24)14-26-17-6-2-1-3-7-17/h1-3,6-7,16H,4-5,8-14H2,(H,22,25). The summed E-state index contributed by atoms with van der Waals surface area (Å²) >= 11 is 0. The zero-order valence-corrected chi connectivity index (χ0v) is 14.9. The Bertz CT molecular complexity index is 669. The molecule has 2 aliphatic rings. The smallest absolute Gasteiger partial charge is 0.260 e. The Hall–Kier alpha value is -2.55. The normalized spacial score (nSPS) is 19.6. The maximum Gasteiger partial charge on any atom is 0.260 e. The van der Waals surface area contributed by atoms with Crippen LogP contribution in [0.15, 0.2) is 30.3 Å². The number of hydrogen-bond acceptors (Lipinski definition) is 4. The number of ether oxygens (including phenoxy) is 1. The summed E-state index contributed by atoms with van der Waals surface area (Å²) in [4.78, 5) is 26.5. The number of carbonyl (C=O) groups is 2. The number of likely N-dealkylation sites (tertiary alicyclic amines) is 1. The number of hydrogen-bond donors (Lipinski definition) is 1. The van der Waals surface area contributed by atoms with Crippen LogP contribution in [0.2, 0.25) is 0 Å². The third-order valence-electron chi connectivity index (χ3n) is 5.36. The number of amides is 2. The van der Waals surface area contributed by atoms with Crippen molar-refractivity contribution in [2.75, 3.05) is 19.7 Å². The van der Waals surface area contributed by atoms with E-state index in [4.69, 9.17) is 4.74 Å². The Morgan fingerprint density at radius 3 is 2.46 bits per heavy atom. The Labute approximate surface area is 154 Å². The molecule has 0 bridgehead atoms. The lowest BCUT2D eigenvalue weighted by Crippen LogP contribution is -2.50. The van der Waals surface area contributed by atoms with Gasteiger partial charge in [-0.1, -0.05) is 18.2 Å². The molecule has 138 valence electrons. The lowest BCUT2D eigenvalue weighted by Gasteiger charge is -2.33. The van der Waals surface area contributed by atoms with E-state index in [0.29, 0.717) is 31.7 Å². The summed E-state index contributed by atoms with van der Waals surface area (Å²) < 4.78 is 5.51. The first kappa shape index (κ1) is 18.2. The number of nitriles is 1. The van der Waals surface area contributed by atoms with E-state index in [1.165, 1.54) is 0 Å². The number of rotatable bonds is 5. The first-order chi connectivity index (χ1) is 12.6. The Morgan fingerprint density at radius 1 is 1.19 bits per heavy atom. The Kier molecular flexibility index (Phi) is 5.77. The van der Waals surface area contributed by atoms with Crippen LogP contribution in [0.5, 0.6) is 5.75 Å². The summed E-state index contributed by atoms with van der Waals surface area (Å²) in [5, 5.41) is 12.4. The van der Waals surface area contributed by atoms with Gasteiger partial charge >= 0.3 is 0 Å². The van der Waals surface area contributed by atoms with Crippen LogP contribution >= 0.6 is 0 Å². The molecule has 1 aliphatic heterocycles. The van der Waals surface area contributed by atoms with Crippen LogP contribution in [-0.4, -0.2) is 41.9 Å². The van der Waals surface area contributed by atoms with Gasteiger partial charge in [0.2, 0.25) is 5.91 Å². The van der Waals surface area contributed by atoms with E-state index in [0.717, 1.165) is 25.7 Å². The van der Waals surface area contributed by atoms with Gasteiger partial charge in [0.1, 0.15) is 11.3 Å². The summed E-state index contributed by atoms with van der Waals surface area (Å²) in [6, 6.07) is 11.6. The fourth-order valence-corrected chi connectivity index (χ4v) is 3.73. The molecule has 6 nitrogen and oxygen atoms in total. The van der Waals surface area contributed by atoms with E-state index in [2.05, 4.69) is 11.4 Å². The maximum atomic E-state index is 12.5. The molecule has 1 aliphatic carbocycles. The van der Waals surface area contributed by atoms with Crippen molar-refractivity contribution in [3.63, 3.8) is 0 Å².